The SMILES string of the molecule is CC(C)CC(C)N(C(=O)c1ccc2c(c1)OCCCO2)c1ccc2[nH]ccc2c1. The minimum Gasteiger partial charge on any atom is -0.490 e. The molecule has 1 aliphatic rings. The monoisotopic (exact) mass is 392 g/mol. The van der Waals surface area contributed by atoms with Gasteiger partial charge >= 0.3 is 0 Å². The van der Waals surface area contributed by atoms with Gasteiger partial charge in [0.15, 0.2) is 11.5 Å². The fraction of sp³-hybridized carbons (Fsp3) is 0.375. The number of nitrogens with one attached hydrogen (secondary N) is 1. The maximum Gasteiger partial charge on any atom is 0.258 e. The largest absolute Gasteiger partial charge is 0.490 e. The van der Waals surface area contributed by atoms with Crippen LogP contribution in [0.4, 0.5) is 5.69 Å². The summed E-state index contributed by atoms with van der Waals surface area (Å²) in [6, 6.07) is 13.7. The topological polar surface area (TPSA) is 54.6 Å². The lowest BCUT2D eigenvalue weighted by Crippen LogP contribution is -2.39. The molecule has 4 rings (SSSR count). The van der Waals surface area contributed by atoms with E-state index in [-0.39, 0.29) is 11.9 Å². The van der Waals surface area contributed by atoms with E-state index in [9.17, 15) is 4.79 Å². The minimum absolute atomic E-state index is 0.0244. The van der Waals surface area contributed by atoms with Gasteiger partial charge in [0.25, 0.3) is 5.91 Å². The number of hydrogen-bond acceptors (Lipinski definition) is 3. The normalized spacial score (nSPS) is 14.6. The molecular weight excluding hydrogens is 364 g/mol. The number of fused-ring (bicyclic) bond motifs is 2. The molecule has 5 nitrogen and oxygen atoms in total. The van der Waals surface area contributed by atoms with Gasteiger partial charge < -0.3 is 19.4 Å². The molecule has 1 unspecified atom stereocenters. The molecule has 0 saturated carbocycles. The van der Waals surface area contributed by atoms with Gasteiger partial charge in [-0.25, -0.2) is 0 Å². The third-order valence-corrected chi connectivity index (χ3v) is 5.28. The number of ether oxygens (including phenoxy) is 2. The molecule has 0 aliphatic carbocycles. The molecule has 0 saturated heterocycles. The molecule has 0 bridgehead atoms. The Balaban J connectivity index is 1.72. The summed E-state index contributed by atoms with van der Waals surface area (Å²) >= 11 is 0. The van der Waals surface area contributed by atoms with Crippen molar-refractivity contribution in [2.24, 2.45) is 5.92 Å². The van der Waals surface area contributed by atoms with Crippen LogP contribution in [0.1, 0.15) is 44.0 Å². The summed E-state index contributed by atoms with van der Waals surface area (Å²) in [5.41, 5.74) is 2.58. The number of carbonyl (C=O) groups is 1. The van der Waals surface area contributed by atoms with Gasteiger partial charge in [0.05, 0.1) is 13.2 Å². The summed E-state index contributed by atoms with van der Waals surface area (Å²) in [6.45, 7) is 7.71. The van der Waals surface area contributed by atoms with Crippen LogP contribution in [0.15, 0.2) is 48.7 Å². The lowest BCUT2D eigenvalue weighted by atomic mass is 10.0. The summed E-state index contributed by atoms with van der Waals surface area (Å²) in [6.07, 6.45) is 3.68. The molecule has 1 aromatic heterocycles. The van der Waals surface area contributed by atoms with Crippen molar-refractivity contribution in [3.05, 3.63) is 54.2 Å². The third-order valence-electron chi connectivity index (χ3n) is 5.28. The van der Waals surface area contributed by atoms with E-state index in [1.54, 1.807) is 0 Å². The molecule has 152 valence electrons. The maximum atomic E-state index is 13.6. The first-order valence-electron chi connectivity index (χ1n) is 10.3. The second-order valence-electron chi connectivity index (χ2n) is 8.11. The third kappa shape index (κ3) is 4.09. The number of rotatable bonds is 5. The van der Waals surface area contributed by atoms with E-state index in [4.69, 9.17) is 9.47 Å². The van der Waals surface area contributed by atoms with Crippen LogP contribution in [0.25, 0.3) is 10.9 Å². The highest BCUT2D eigenvalue weighted by Crippen LogP contribution is 2.33. The van der Waals surface area contributed by atoms with Crippen LogP contribution in [0.5, 0.6) is 11.5 Å². The molecular formula is C24H28N2O3. The predicted molar refractivity (Wildman–Crippen MR) is 116 cm³/mol. The molecule has 0 spiro atoms. The lowest BCUT2D eigenvalue weighted by molar-refractivity contribution is 0.0975. The summed E-state index contributed by atoms with van der Waals surface area (Å²) in [7, 11) is 0. The predicted octanol–water partition coefficient (Wildman–Crippen LogP) is 5.41. The van der Waals surface area contributed by atoms with Gasteiger partial charge in [-0.1, -0.05) is 13.8 Å². The fourth-order valence-corrected chi connectivity index (χ4v) is 3.99. The van der Waals surface area contributed by atoms with Gasteiger partial charge in [-0.05, 0) is 61.7 Å². The highest BCUT2D eigenvalue weighted by Gasteiger charge is 2.25. The molecule has 1 amide bonds. The van der Waals surface area contributed by atoms with Gasteiger partial charge in [-0.2, -0.15) is 0 Å². The summed E-state index contributed by atoms with van der Waals surface area (Å²) in [5.74, 6) is 1.81. The smallest absolute Gasteiger partial charge is 0.258 e. The number of H-pyrrole nitrogens is 1. The van der Waals surface area contributed by atoms with Crippen LogP contribution < -0.4 is 14.4 Å². The quantitative estimate of drug-likeness (QED) is 0.631. The van der Waals surface area contributed by atoms with Crippen molar-refractivity contribution < 1.29 is 14.3 Å². The standard InChI is InChI=1S/C24H28N2O3/c1-16(2)13-17(3)26(20-6-7-21-18(14-20)9-10-25-21)24(27)19-5-8-22-23(15-19)29-12-4-11-28-22/h5-10,14-17,25H,4,11-13H2,1-3H3. The number of aromatic nitrogens is 1. The first-order chi connectivity index (χ1) is 14.0. The Hall–Kier alpha value is -2.95. The first kappa shape index (κ1) is 19.4. The fourth-order valence-electron chi connectivity index (χ4n) is 3.99. The van der Waals surface area contributed by atoms with E-state index in [1.807, 2.05) is 47.5 Å². The molecule has 2 heterocycles. The van der Waals surface area contributed by atoms with Crippen molar-refractivity contribution in [1.82, 2.24) is 4.98 Å². The summed E-state index contributed by atoms with van der Waals surface area (Å²) < 4.78 is 11.5. The average Bonchev–Trinajstić information content (AvgIpc) is 3.03. The van der Waals surface area contributed by atoms with Crippen LogP contribution >= 0.6 is 0 Å². The van der Waals surface area contributed by atoms with Crippen LogP contribution in [-0.2, 0) is 0 Å². The van der Waals surface area contributed by atoms with Crippen LogP contribution in [-0.4, -0.2) is 30.1 Å². The van der Waals surface area contributed by atoms with Gasteiger partial charge in [0.1, 0.15) is 0 Å². The number of amides is 1. The maximum absolute atomic E-state index is 13.6. The Labute approximate surface area is 171 Å². The molecule has 0 radical (unpaired) electrons. The zero-order chi connectivity index (χ0) is 20.4. The number of hydrogen-bond donors (Lipinski definition) is 1. The second-order valence-corrected chi connectivity index (χ2v) is 8.11. The summed E-state index contributed by atoms with van der Waals surface area (Å²) in [5, 5.41) is 1.09. The number of benzene rings is 2. The van der Waals surface area contributed by atoms with E-state index in [0.717, 1.165) is 29.4 Å². The van der Waals surface area contributed by atoms with Crippen molar-refractivity contribution in [1.29, 1.82) is 0 Å². The molecule has 3 aromatic rings. The van der Waals surface area contributed by atoms with Crippen LogP contribution in [0.3, 0.4) is 0 Å². The minimum atomic E-state index is -0.0244. The molecule has 1 aliphatic heterocycles. The highest BCUT2D eigenvalue weighted by molar-refractivity contribution is 6.07. The molecule has 2 aromatic carbocycles. The average molecular weight is 392 g/mol. The van der Waals surface area contributed by atoms with Crippen LogP contribution in [0, 0.1) is 5.92 Å². The highest BCUT2D eigenvalue weighted by atomic mass is 16.5. The van der Waals surface area contributed by atoms with E-state index >= 15 is 0 Å². The van der Waals surface area contributed by atoms with Crippen molar-refractivity contribution in [2.45, 2.75) is 39.7 Å². The molecule has 1 atom stereocenters. The molecule has 0 fully saturated rings. The number of anilines is 1. The Morgan fingerprint density at radius 2 is 1.83 bits per heavy atom. The summed E-state index contributed by atoms with van der Waals surface area (Å²) in [4.78, 5) is 18.8. The number of nitrogens with zero attached hydrogens (tertiary/aromatic N) is 1. The van der Waals surface area contributed by atoms with Crippen molar-refractivity contribution in [3.8, 4) is 11.5 Å². The second kappa shape index (κ2) is 8.19. The Morgan fingerprint density at radius 1 is 1.03 bits per heavy atom. The van der Waals surface area contributed by atoms with Gasteiger partial charge in [-0.3, -0.25) is 4.79 Å². The van der Waals surface area contributed by atoms with Crippen molar-refractivity contribution in [3.63, 3.8) is 0 Å². The number of aromatic amines is 1. The van der Waals surface area contributed by atoms with Gasteiger partial charge in [0, 0.05) is 40.8 Å². The van der Waals surface area contributed by atoms with Gasteiger partial charge in [0.2, 0.25) is 0 Å². The zero-order valence-corrected chi connectivity index (χ0v) is 17.3. The zero-order valence-electron chi connectivity index (χ0n) is 17.3. The molecule has 29 heavy (non-hydrogen) atoms. The molecule has 1 N–H and O–H groups in total. The Kier molecular flexibility index (Phi) is 5.47. The van der Waals surface area contributed by atoms with Crippen molar-refractivity contribution >= 4 is 22.5 Å². The number of carbonyl (C=O) groups excluding carboxylic acids is 1. The van der Waals surface area contributed by atoms with E-state index < -0.39 is 0 Å². The lowest BCUT2D eigenvalue weighted by Gasteiger charge is -2.31. The van der Waals surface area contributed by atoms with Crippen molar-refractivity contribution in [2.75, 3.05) is 18.1 Å². The molecule has 5 heteroatoms. The first-order valence-corrected chi connectivity index (χ1v) is 10.3. The Morgan fingerprint density at radius 3 is 2.62 bits per heavy atom. The van der Waals surface area contributed by atoms with E-state index in [1.165, 1.54) is 0 Å². The Bertz CT molecular complexity index is 1010. The van der Waals surface area contributed by atoms with E-state index in [0.29, 0.717) is 36.2 Å². The van der Waals surface area contributed by atoms with E-state index in [2.05, 4.69) is 31.8 Å². The van der Waals surface area contributed by atoms with Crippen LogP contribution in [0.2, 0.25) is 0 Å². The van der Waals surface area contributed by atoms with Gasteiger partial charge in [-0.15, -0.1) is 0 Å².